The predicted octanol–water partition coefficient (Wildman–Crippen LogP) is 0.852. The van der Waals surface area contributed by atoms with E-state index >= 15 is 0 Å². The summed E-state index contributed by atoms with van der Waals surface area (Å²) in [6.07, 6.45) is 6.44. The SMILES string of the molecule is COc1cccc(-n2cc(CN(C)C(=O)c3cn[nH]c3-n3cnnn3)cn2)c1. The van der Waals surface area contributed by atoms with Crippen LogP contribution in [0.15, 0.2) is 49.2 Å². The quantitative estimate of drug-likeness (QED) is 0.527. The highest BCUT2D eigenvalue weighted by molar-refractivity contribution is 5.96. The molecule has 0 atom stereocenters. The number of benzene rings is 1. The third-order valence-corrected chi connectivity index (χ3v) is 4.15. The lowest BCUT2D eigenvalue weighted by Gasteiger charge is -2.15. The zero-order valence-corrected chi connectivity index (χ0v) is 15.2. The maximum absolute atomic E-state index is 12.8. The highest BCUT2D eigenvalue weighted by Gasteiger charge is 2.20. The van der Waals surface area contributed by atoms with E-state index in [1.165, 1.54) is 17.2 Å². The number of hydrogen-bond acceptors (Lipinski definition) is 7. The maximum atomic E-state index is 12.8. The van der Waals surface area contributed by atoms with E-state index in [4.69, 9.17) is 4.74 Å². The van der Waals surface area contributed by atoms with Gasteiger partial charge in [-0.15, -0.1) is 5.10 Å². The van der Waals surface area contributed by atoms with Crippen molar-refractivity contribution in [3.63, 3.8) is 0 Å². The summed E-state index contributed by atoms with van der Waals surface area (Å²) < 4.78 is 8.34. The Bertz CT molecular complexity index is 1080. The molecule has 0 fully saturated rings. The number of H-pyrrole nitrogens is 1. The Balaban J connectivity index is 1.50. The summed E-state index contributed by atoms with van der Waals surface area (Å²) in [5.41, 5.74) is 2.12. The lowest BCUT2D eigenvalue weighted by molar-refractivity contribution is 0.0785. The Morgan fingerprint density at radius 2 is 2.18 bits per heavy atom. The molecule has 0 spiro atoms. The normalized spacial score (nSPS) is 10.8. The summed E-state index contributed by atoms with van der Waals surface area (Å²) in [4.78, 5) is 14.4. The maximum Gasteiger partial charge on any atom is 0.259 e. The van der Waals surface area contributed by atoms with E-state index in [0.29, 0.717) is 17.9 Å². The van der Waals surface area contributed by atoms with Crippen molar-refractivity contribution in [3.8, 4) is 17.3 Å². The van der Waals surface area contributed by atoms with Gasteiger partial charge in [0.05, 0.1) is 25.2 Å². The lowest BCUT2D eigenvalue weighted by Crippen LogP contribution is -2.26. The number of carbonyl (C=O) groups is 1. The van der Waals surface area contributed by atoms with Crippen LogP contribution in [-0.2, 0) is 6.54 Å². The monoisotopic (exact) mass is 379 g/mol. The van der Waals surface area contributed by atoms with Crippen LogP contribution < -0.4 is 4.74 Å². The van der Waals surface area contributed by atoms with Crippen molar-refractivity contribution < 1.29 is 9.53 Å². The molecule has 0 aliphatic heterocycles. The summed E-state index contributed by atoms with van der Waals surface area (Å²) in [6.45, 7) is 0.378. The number of nitrogens with one attached hydrogen (secondary N) is 1. The van der Waals surface area contributed by atoms with Crippen LogP contribution in [0.1, 0.15) is 15.9 Å². The molecule has 142 valence electrons. The van der Waals surface area contributed by atoms with E-state index < -0.39 is 0 Å². The van der Waals surface area contributed by atoms with Crippen molar-refractivity contribution >= 4 is 5.91 Å². The minimum Gasteiger partial charge on any atom is -0.497 e. The molecule has 4 rings (SSSR count). The number of carbonyl (C=O) groups excluding carboxylic acids is 1. The molecule has 28 heavy (non-hydrogen) atoms. The van der Waals surface area contributed by atoms with Gasteiger partial charge in [0.25, 0.3) is 5.91 Å². The van der Waals surface area contributed by atoms with Gasteiger partial charge in [-0.2, -0.15) is 14.9 Å². The summed E-state index contributed by atoms with van der Waals surface area (Å²) in [6, 6.07) is 7.58. The number of hydrogen-bond donors (Lipinski definition) is 1. The van der Waals surface area contributed by atoms with Gasteiger partial charge >= 0.3 is 0 Å². The average molecular weight is 379 g/mol. The third kappa shape index (κ3) is 3.32. The van der Waals surface area contributed by atoms with Crippen LogP contribution in [0.3, 0.4) is 0 Å². The highest BCUT2D eigenvalue weighted by atomic mass is 16.5. The second-order valence-electron chi connectivity index (χ2n) is 6.04. The Kier molecular flexibility index (Phi) is 4.54. The fraction of sp³-hybridized carbons (Fsp3) is 0.176. The number of nitrogens with zero attached hydrogens (tertiary/aromatic N) is 8. The van der Waals surface area contributed by atoms with E-state index in [2.05, 4.69) is 30.8 Å². The lowest BCUT2D eigenvalue weighted by atomic mass is 10.2. The molecule has 0 unspecified atom stereocenters. The summed E-state index contributed by atoms with van der Waals surface area (Å²) in [5.74, 6) is 0.944. The first-order valence-electron chi connectivity index (χ1n) is 8.36. The van der Waals surface area contributed by atoms with E-state index in [1.807, 2.05) is 30.5 Å². The molecule has 11 nitrogen and oxygen atoms in total. The molecule has 4 aromatic rings. The zero-order chi connectivity index (χ0) is 19.5. The van der Waals surface area contributed by atoms with Gasteiger partial charge in [-0.1, -0.05) is 6.07 Å². The summed E-state index contributed by atoms with van der Waals surface area (Å²) >= 11 is 0. The van der Waals surface area contributed by atoms with Crippen LogP contribution in [0.25, 0.3) is 11.5 Å². The van der Waals surface area contributed by atoms with Gasteiger partial charge in [0.1, 0.15) is 17.6 Å². The first kappa shape index (κ1) is 17.4. The van der Waals surface area contributed by atoms with Crippen molar-refractivity contribution in [2.24, 2.45) is 0 Å². The molecule has 0 saturated heterocycles. The Labute approximate surface area is 159 Å². The van der Waals surface area contributed by atoms with Gasteiger partial charge < -0.3 is 9.64 Å². The summed E-state index contributed by atoms with van der Waals surface area (Å²) in [5, 5.41) is 22.0. The number of amides is 1. The Morgan fingerprint density at radius 1 is 1.29 bits per heavy atom. The van der Waals surface area contributed by atoms with Crippen molar-refractivity contribution in [2.45, 2.75) is 6.54 Å². The first-order chi connectivity index (χ1) is 13.7. The van der Waals surface area contributed by atoms with Crippen LogP contribution >= 0.6 is 0 Å². The van der Waals surface area contributed by atoms with Gasteiger partial charge in [-0.05, 0) is 22.6 Å². The Morgan fingerprint density at radius 3 is 2.96 bits per heavy atom. The van der Waals surface area contributed by atoms with Crippen molar-refractivity contribution in [3.05, 3.63) is 60.3 Å². The van der Waals surface area contributed by atoms with E-state index in [-0.39, 0.29) is 5.91 Å². The van der Waals surface area contributed by atoms with Crippen LogP contribution in [0.4, 0.5) is 0 Å². The molecule has 0 saturated carbocycles. The zero-order valence-electron chi connectivity index (χ0n) is 15.2. The van der Waals surface area contributed by atoms with E-state index in [9.17, 15) is 4.79 Å². The smallest absolute Gasteiger partial charge is 0.259 e. The molecule has 0 radical (unpaired) electrons. The number of aromatic amines is 1. The Hall–Kier alpha value is -4.02. The first-order valence-corrected chi connectivity index (χ1v) is 8.36. The molecule has 0 bridgehead atoms. The number of aromatic nitrogens is 8. The van der Waals surface area contributed by atoms with Crippen LogP contribution in [0, 0.1) is 0 Å². The molecule has 1 aromatic carbocycles. The molecule has 0 aliphatic carbocycles. The minimum absolute atomic E-state index is 0.214. The topological polar surface area (TPSA) is 120 Å². The number of ether oxygens (including phenoxy) is 1. The predicted molar refractivity (Wildman–Crippen MR) is 97.2 cm³/mol. The van der Waals surface area contributed by atoms with Crippen LogP contribution in [0.5, 0.6) is 5.75 Å². The molecule has 1 amide bonds. The van der Waals surface area contributed by atoms with Crippen LogP contribution in [-0.4, -0.2) is 65.1 Å². The second-order valence-corrected chi connectivity index (χ2v) is 6.04. The number of methoxy groups -OCH3 is 1. The van der Waals surface area contributed by atoms with E-state index in [1.54, 1.807) is 29.9 Å². The van der Waals surface area contributed by atoms with Gasteiger partial charge in [0, 0.05) is 31.4 Å². The van der Waals surface area contributed by atoms with E-state index in [0.717, 1.165) is 17.0 Å². The van der Waals surface area contributed by atoms with Crippen molar-refractivity contribution in [1.29, 1.82) is 0 Å². The number of tetrazole rings is 1. The second kappa shape index (κ2) is 7.31. The molecule has 3 aromatic heterocycles. The average Bonchev–Trinajstić information content (AvgIpc) is 3.48. The number of rotatable bonds is 6. The minimum atomic E-state index is -0.214. The van der Waals surface area contributed by atoms with Gasteiger partial charge in [-0.25, -0.2) is 4.68 Å². The van der Waals surface area contributed by atoms with Gasteiger partial charge in [-0.3, -0.25) is 9.89 Å². The fourth-order valence-corrected chi connectivity index (χ4v) is 2.76. The molecule has 11 heteroatoms. The van der Waals surface area contributed by atoms with Crippen molar-refractivity contribution in [1.82, 2.24) is 45.1 Å². The van der Waals surface area contributed by atoms with Gasteiger partial charge in [0.15, 0.2) is 5.82 Å². The molecule has 0 aliphatic rings. The highest BCUT2D eigenvalue weighted by Crippen LogP contribution is 2.17. The fourth-order valence-electron chi connectivity index (χ4n) is 2.76. The van der Waals surface area contributed by atoms with Crippen LogP contribution in [0.2, 0.25) is 0 Å². The molecular weight excluding hydrogens is 362 g/mol. The summed E-state index contributed by atoms with van der Waals surface area (Å²) in [7, 11) is 3.33. The molecule has 1 N–H and O–H groups in total. The standard InChI is InChI=1S/C17H17N9O2/c1-24(17(27)15-8-18-21-16(15)26-11-19-22-23-26)9-12-7-20-25(10-12)13-4-3-5-14(6-13)28-2/h3-8,10-11H,9H2,1-2H3,(H,18,21). The van der Waals surface area contributed by atoms with Crippen molar-refractivity contribution in [2.75, 3.05) is 14.2 Å². The van der Waals surface area contributed by atoms with Gasteiger partial charge in [0.2, 0.25) is 0 Å². The molecular formula is C17H17N9O2. The largest absolute Gasteiger partial charge is 0.497 e. The molecule has 3 heterocycles. The third-order valence-electron chi connectivity index (χ3n) is 4.15.